The molecule has 2 aliphatic heterocycles. The molecule has 3 aromatic rings. The van der Waals surface area contributed by atoms with Gasteiger partial charge in [-0.25, -0.2) is 6.57 Å². The van der Waals surface area contributed by atoms with Crippen molar-refractivity contribution in [1.29, 1.82) is 0 Å². The molecular weight excluding hydrogens is 518 g/mol. The van der Waals surface area contributed by atoms with Crippen molar-refractivity contribution in [2.75, 3.05) is 26.0 Å². The molecule has 1 saturated carbocycles. The Kier molecular flexibility index (Phi) is 6.94. The number of hydrogen-bond donors (Lipinski definition) is 2. The SMILES string of the molecule is [C-]#[N+][C@@H]1C[C@@]2(CN1C(=O)[C@H](CC1CCCCC1)N(C)C(=O)c1cc3c(OC)cccc3[nH]1)C(=O)Nc1ccccc12. The number of carbonyl (C=O) groups is 3. The number of hydrogen-bond acceptors (Lipinski definition) is 4. The van der Waals surface area contributed by atoms with Crippen LogP contribution in [0.2, 0.25) is 0 Å². The van der Waals surface area contributed by atoms with Gasteiger partial charge in [-0.2, -0.15) is 0 Å². The van der Waals surface area contributed by atoms with E-state index in [4.69, 9.17) is 11.3 Å². The van der Waals surface area contributed by atoms with Gasteiger partial charge in [-0.1, -0.05) is 56.4 Å². The standard InChI is InChI=1S/C32H35N5O4/c1-33-28-18-32(22-12-7-8-13-24(22)35-31(32)40)19-37(28)30(39)26(16-20-10-5-4-6-11-20)36(2)29(38)25-17-21-23(34-25)14-9-15-27(21)41-3/h7-9,12-15,17,20,26,28,34H,4-6,10-11,16,18-19H2,2-3H3,(H,35,40)/t26-,28-,32-/m0/s1. The van der Waals surface area contributed by atoms with Crippen molar-refractivity contribution in [3.05, 3.63) is 71.2 Å². The van der Waals surface area contributed by atoms with Gasteiger partial charge in [0.1, 0.15) is 22.9 Å². The molecule has 1 spiro atoms. The summed E-state index contributed by atoms with van der Waals surface area (Å²) in [6.07, 6.45) is 5.42. The summed E-state index contributed by atoms with van der Waals surface area (Å²) < 4.78 is 5.47. The van der Waals surface area contributed by atoms with E-state index in [0.29, 0.717) is 23.8 Å². The number of fused-ring (bicyclic) bond motifs is 3. The van der Waals surface area contributed by atoms with Crippen LogP contribution in [-0.2, 0) is 15.0 Å². The highest BCUT2D eigenvalue weighted by Crippen LogP contribution is 2.47. The lowest BCUT2D eigenvalue weighted by Gasteiger charge is -2.34. The highest BCUT2D eigenvalue weighted by molar-refractivity contribution is 6.07. The third-order valence-corrected chi connectivity index (χ3v) is 9.32. The summed E-state index contributed by atoms with van der Waals surface area (Å²) in [6.45, 7) is 8.06. The number of likely N-dealkylation sites (tertiary alicyclic amines) is 1. The maximum atomic E-state index is 14.4. The van der Waals surface area contributed by atoms with E-state index >= 15 is 0 Å². The first-order valence-electron chi connectivity index (χ1n) is 14.4. The number of aromatic amines is 1. The van der Waals surface area contributed by atoms with Gasteiger partial charge in [-0.3, -0.25) is 24.1 Å². The quantitative estimate of drug-likeness (QED) is 0.422. The number of nitrogens with one attached hydrogen (secondary N) is 2. The summed E-state index contributed by atoms with van der Waals surface area (Å²) in [5.74, 6) is 0.231. The van der Waals surface area contributed by atoms with Crippen LogP contribution in [0.1, 0.15) is 61.0 Å². The number of rotatable bonds is 6. The molecule has 0 bridgehead atoms. The fourth-order valence-corrected chi connectivity index (χ4v) is 7.06. The Morgan fingerprint density at radius 1 is 1.17 bits per heavy atom. The summed E-state index contributed by atoms with van der Waals surface area (Å²) in [7, 11) is 3.26. The van der Waals surface area contributed by atoms with E-state index in [1.165, 1.54) is 11.3 Å². The van der Waals surface area contributed by atoms with E-state index in [1.54, 1.807) is 25.1 Å². The predicted molar refractivity (Wildman–Crippen MR) is 155 cm³/mol. The second-order valence-electron chi connectivity index (χ2n) is 11.6. The molecule has 2 aromatic carbocycles. The number of carbonyl (C=O) groups excluding carboxylic acids is 3. The number of H-pyrrole nitrogens is 1. The monoisotopic (exact) mass is 553 g/mol. The number of benzene rings is 2. The first-order valence-corrected chi connectivity index (χ1v) is 14.4. The van der Waals surface area contributed by atoms with Crippen molar-refractivity contribution < 1.29 is 19.1 Å². The van der Waals surface area contributed by atoms with E-state index in [1.807, 2.05) is 42.5 Å². The molecule has 0 unspecified atom stereocenters. The lowest BCUT2D eigenvalue weighted by atomic mass is 9.80. The molecule has 2 N–H and O–H groups in total. The fraction of sp³-hybridized carbons (Fsp3) is 0.438. The zero-order valence-electron chi connectivity index (χ0n) is 23.5. The van der Waals surface area contributed by atoms with Crippen LogP contribution < -0.4 is 10.1 Å². The second-order valence-corrected chi connectivity index (χ2v) is 11.6. The first kappa shape index (κ1) is 26.9. The number of ether oxygens (including phenoxy) is 1. The fourth-order valence-electron chi connectivity index (χ4n) is 7.06. The number of nitrogens with zero attached hydrogens (tertiary/aromatic N) is 3. The van der Waals surface area contributed by atoms with Gasteiger partial charge in [0, 0.05) is 30.2 Å². The van der Waals surface area contributed by atoms with Crippen molar-refractivity contribution >= 4 is 34.3 Å². The van der Waals surface area contributed by atoms with Gasteiger partial charge in [-0.05, 0) is 42.2 Å². The Morgan fingerprint density at radius 3 is 2.71 bits per heavy atom. The van der Waals surface area contributed by atoms with Crippen LogP contribution in [0.4, 0.5) is 5.69 Å². The second kappa shape index (κ2) is 10.6. The van der Waals surface area contributed by atoms with E-state index in [2.05, 4.69) is 15.1 Å². The molecule has 1 aromatic heterocycles. The van der Waals surface area contributed by atoms with E-state index in [9.17, 15) is 14.4 Å². The highest BCUT2D eigenvalue weighted by atomic mass is 16.5. The minimum absolute atomic E-state index is 0.120. The predicted octanol–water partition coefficient (Wildman–Crippen LogP) is 4.96. The van der Waals surface area contributed by atoms with Crippen LogP contribution in [0, 0.1) is 12.5 Å². The summed E-state index contributed by atoms with van der Waals surface area (Å²) in [4.78, 5) is 51.7. The lowest BCUT2D eigenvalue weighted by Crippen LogP contribution is -2.52. The molecule has 212 valence electrons. The smallest absolute Gasteiger partial charge is 0.302 e. The highest BCUT2D eigenvalue weighted by Gasteiger charge is 2.59. The topological polar surface area (TPSA) is 99.1 Å². The number of likely N-dealkylation sites (N-methyl/N-ethyl adjacent to an activating group) is 1. The minimum Gasteiger partial charge on any atom is -0.496 e. The van der Waals surface area contributed by atoms with Crippen molar-refractivity contribution in [1.82, 2.24) is 14.8 Å². The molecular formula is C32H35N5O4. The molecule has 9 heteroatoms. The zero-order chi connectivity index (χ0) is 28.7. The van der Waals surface area contributed by atoms with Crippen LogP contribution in [0.5, 0.6) is 5.75 Å². The maximum Gasteiger partial charge on any atom is 0.302 e. The van der Waals surface area contributed by atoms with Crippen LogP contribution >= 0.6 is 0 Å². The Hall–Kier alpha value is -4.32. The summed E-state index contributed by atoms with van der Waals surface area (Å²) >= 11 is 0. The van der Waals surface area contributed by atoms with Crippen molar-refractivity contribution in [2.45, 2.75) is 62.6 Å². The molecule has 2 fully saturated rings. The average Bonchev–Trinajstić information content (AvgIpc) is 3.69. The van der Waals surface area contributed by atoms with Crippen molar-refractivity contribution in [3.8, 4) is 5.75 Å². The molecule has 3 amide bonds. The van der Waals surface area contributed by atoms with E-state index < -0.39 is 17.6 Å². The third-order valence-electron chi connectivity index (χ3n) is 9.32. The average molecular weight is 554 g/mol. The molecule has 1 aliphatic carbocycles. The normalized spacial score (nSPS) is 22.8. The number of para-hydroxylation sites is 1. The number of methoxy groups -OCH3 is 1. The Morgan fingerprint density at radius 2 is 1.95 bits per heavy atom. The Bertz CT molecular complexity index is 1550. The maximum absolute atomic E-state index is 14.4. The summed E-state index contributed by atoms with van der Waals surface area (Å²) in [6, 6.07) is 14.1. The van der Waals surface area contributed by atoms with Crippen LogP contribution in [-0.4, -0.2) is 65.4 Å². The van der Waals surface area contributed by atoms with E-state index in [0.717, 1.165) is 47.8 Å². The van der Waals surface area contributed by atoms with Gasteiger partial charge in [0.05, 0.1) is 13.5 Å². The molecule has 6 rings (SSSR count). The van der Waals surface area contributed by atoms with Crippen molar-refractivity contribution in [2.24, 2.45) is 5.92 Å². The molecule has 9 nitrogen and oxygen atoms in total. The lowest BCUT2D eigenvalue weighted by molar-refractivity contribution is -0.137. The van der Waals surface area contributed by atoms with Crippen molar-refractivity contribution in [3.63, 3.8) is 0 Å². The van der Waals surface area contributed by atoms with Crippen LogP contribution in [0.25, 0.3) is 15.7 Å². The van der Waals surface area contributed by atoms with Crippen LogP contribution in [0.3, 0.4) is 0 Å². The van der Waals surface area contributed by atoms with Gasteiger partial charge >= 0.3 is 6.17 Å². The Labute approximate surface area is 239 Å². The number of anilines is 1. The molecule has 1 saturated heterocycles. The third kappa shape index (κ3) is 4.51. The Balaban J connectivity index is 1.33. The van der Waals surface area contributed by atoms with Gasteiger partial charge < -0.3 is 19.9 Å². The van der Waals surface area contributed by atoms with Crippen LogP contribution in [0.15, 0.2) is 48.5 Å². The molecule has 3 atom stereocenters. The summed E-state index contributed by atoms with van der Waals surface area (Å²) in [5, 5.41) is 3.75. The zero-order valence-corrected chi connectivity index (χ0v) is 23.5. The van der Waals surface area contributed by atoms with E-state index in [-0.39, 0.29) is 30.7 Å². The largest absolute Gasteiger partial charge is 0.496 e. The van der Waals surface area contributed by atoms with Gasteiger partial charge in [-0.15, -0.1) is 0 Å². The number of amides is 3. The van der Waals surface area contributed by atoms with Gasteiger partial charge in [0.15, 0.2) is 0 Å². The molecule has 0 radical (unpaired) electrons. The minimum atomic E-state index is -0.965. The number of aromatic nitrogens is 1. The molecule has 3 heterocycles. The van der Waals surface area contributed by atoms with Gasteiger partial charge in [0.25, 0.3) is 11.8 Å². The summed E-state index contributed by atoms with van der Waals surface area (Å²) in [5.41, 5.74) is 1.74. The van der Waals surface area contributed by atoms with Gasteiger partial charge in [0.2, 0.25) is 5.91 Å². The molecule has 41 heavy (non-hydrogen) atoms. The molecule has 3 aliphatic rings. The first-order chi connectivity index (χ1) is 19.9.